The molecule has 2 saturated heterocycles. The van der Waals surface area contributed by atoms with Gasteiger partial charge in [0.1, 0.15) is 0 Å². The third-order valence-electron chi connectivity index (χ3n) is 4.87. The van der Waals surface area contributed by atoms with Crippen LogP contribution in [0.15, 0.2) is 0 Å². The number of nitrogens with zero attached hydrogens (tertiary/aromatic N) is 2. The fourth-order valence-corrected chi connectivity index (χ4v) is 3.81. The van der Waals surface area contributed by atoms with Crippen LogP contribution < -0.4 is 5.73 Å². The van der Waals surface area contributed by atoms with Crippen LogP contribution in [0.5, 0.6) is 0 Å². The molecule has 3 atom stereocenters. The summed E-state index contributed by atoms with van der Waals surface area (Å²) in [6.07, 6.45) is 2.59. The zero-order valence-electron chi connectivity index (χ0n) is 11.9. The van der Waals surface area contributed by atoms with Gasteiger partial charge in [-0.25, -0.2) is 0 Å². The number of hydrogen-bond donors (Lipinski definition) is 1. The monoisotopic (exact) mass is 239 g/mol. The molecule has 0 radical (unpaired) electrons. The van der Waals surface area contributed by atoms with Crippen molar-refractivity contribution in [2.75, 3.05) is 26.2 Å². The maximum absolute atomic E-state index is 6.15. The molecule has 2 fully saturated rings. The summed E-state index contributed by atoms with van der Waals surface area (Å²) in [5, 5.41) is 0. The molecule has 0 aromatic heterocycles. The molecule has 0 spiro atoms. The van der Waals surface area contributed by atoms with Crippen molar-refractivity contribution in [1.82, 2.24) is 9.80 Å². The molecule has 100 valence electrons. The topological polar surface area (TPSA) is 32.5 Å². The molecule has 2 aliphatic rings. The lowest BCUT2D eigenvalue weighted by atomic mass is 9.95. The van der Waals surface area contributed by atoms with Gasteiger partial charge in [0.2, 0.25) is 0 Å². The van der Waals surface area contributed by atoms with E-state index in [1.807, 2.05) is 0 Å². The smallest absolute Gasteiger partial charge is 0.0473 e. The number of hydrogen-bond acceptors (Lipinski definition) is 3. The van der Waals surface area contributed by atoms with Gasteiger partial charge in [0.25, 0.3) is 0 Å². The Morgan fingerprint density at radius 3 is 2.47 bits per heavy atom. The Hall–Kier alpha value is -0.120. The zero-order chi connectivity index (χ0) is 12.6. The van der Waals surface area contributed by atoms with E-state index in [2.05, 4.69) is 37.5 Å². The Labute approximate surface area is 106 Å². The normalized spacial score (nSPS) is 40.6. The van der Waals surface area contributed by atoms with Crippen LogP contribution in [0.3, 0.4) is 0 Å². The van der Waals surface area contributed by atoms with Crippen molar-refractivity contribution in [3.05, 3.63) is 0 Å². The summed E-state index contributed by atoms with van der Waals surface area (Å²) in [7, 11) is 0. The van der Waals surface area contributed by atoms with E-state index in [9.17, 15) is 0 Å². The number of likely N-dealkylation sites (tertiary alicyclic amines) is 2. The molecular weight excluding hydrogens is 210 g/mol. The summed E-state index contributed by atoms with van der Waals surface area (Å²) in [4.78, 5) is 5.29. The molecule has 2 aliphatic heterocycles. The van der Waals surface area contributed by atoms with E-state index in [0.29, 0.717) is 12.1 Å². The van der Waals surface area contributed by atoms with Crippen LogP contribution in [-0.2, 0) is 0 Å². The third-order valence-corrected chi connectivity index (χ3v) is 4.87. The summed E-state index contributed by atoms with van der Waals surface area (Å²) in [6.45, 7) is 13.8. The molecule has 2 heterocycles. The quantitative estimate of drug-likeness (QED) is 0.810. The Balaban J connectivity index is 2.11. The number of nitrogens with two attached hydrogens (primary N) is 1. The molecule has 3 unspecified atom stereocenters. The molecule has 2 rings (SSSR count). The van der Waals surface area contributed by atoms with Gasteiger partial charge in [-0.15, -0.1) is 0 Å². The van der Waals surface area contributed by atoms with Crippen molar-refractivity contribution in [2.24, 2.45) is 11.7 Å². The summed E-state index contributed by atoms with van der Waals surface area (Å²) >= 11 is 0. The van der Waals surface area contributed by atoms with E-state index >= 15 is 0 Å². The van der Waals surface area contributed by atoms with Crippen molar-refractivity contribution in [3.63, 3.8) is 0 Å². The first-order chi connectivity index (χ1) is 7.98. The summed E-state index contributed by atoms with van der Waals surface area (Å²) in [5.74, 6) is 0.835. The minimum Gasteiger partial charge on any atom is -0.329 e. The summed E-state index contributed by atoms with van der Waals surface area (Å²) in [6, 6.07) is 1.36. The van der Waals surface area contributed by atoms with Crippen molar-refractivity contribution in [2.45, 2.75) is 58.2 Å². The maximum atomic E-state index is 6.15. The van der Waals surface area contributed by atoms with Crippen molar-refractivity contribution in [1.29, 1.82) is 0 Å². The first kappa shape index (κ1) is 13.3. The lowest BCUT2D eigenvalue weighted by Gasteiger charge is -2.41. The molecule has 17 heavy (non-hydrogen) atoms. The van der Waals surface area contributed by atoms with Crippen molar-refractivity contribution >= 4 is 0 Å². The SMILES string of the molecule is CC1CC(C)N(C2(CN)CCN(C(C)C)C2)C1. The third kappa shape index (κ3) is 2.38. The summed E-state index contributed by atoms with van der Waals surface area (Å²) in [5.41, 5.74) is 6.41. The van der Waals surface area contributed by atoms with Gasteiger partial charge in [-0.3, -0.25) is 9.80 Å². The Bertz CT molecular complexity index is 266. The molecule has 0 aromatic carbocycles. The number of rotatable bonds is 3. The Kier molecular flexibility index (Phi) is 3.81. The predicted octanol–water partition coefficient (Wildman–Crippen LogP) is 1.53. The van der Waals surface area contributed by atoms with E-state index in [4.69, 9.17) is 5.73 Å². The van der Waals surface area contributed by atoms with Crippen molar-refractivity contribution in [3.8, 4) is 0 Å². The van der Waals surface area contributed by atoms with Gasteiger partial charge in [-0.1, -0.05) is 6.92 Å². The van der Waals surface area contributed by atoms with Gasteiger partial charge in [0.15, 0.2) is 0 Å². The molecule has 0 aliphatic carbocycles. The van der Waals surface area contributed by atoms with E-state index in [0.717, 1.165) is 19.0 Å². The predicted molar refractivity (Wildman–Crippen MR) is 73.1 cm³/mol. The highest BCUT2D eigenvalue weighted by molar-refractivity contribution is 5.04. The Morgan fingerprint density at radius 2 is 2.06 bits per heavy atom. The van der Waals surface area contributed by atoms with E-state index in [-0.39, 0.29) is 5.54 Å². The maximum Gasteiger partial charge on any atom is 0.0473 e. The van der Waals surface area contributed by atoms with E-state index in [1.54, 1.807) is 0 Å². The van der Waals surface area contributed by atoms with Crippen LogP contribution in [-0.4, -0.2) is 53.6 Å². The van der Waals surface area contributed by atoms with Crippen LogP contribution in [0.1, 0.15) is 40.5 Å². The van der Waals surface area contributed by atoms with Gasteiger partial charge in [0.05, 0.1) is 0 Å². The van der Waals surface area contributed by atoms with Crippen molar-refractivity contribution < 1.29 is 0 Å². The minimum atomic E-state index is 0.258. The van der Waals surface area contributed by atoms with Crippen LogP contribution in [0.2, 0.25) is 0 Å². The van der Waals surface area contributed by atoms with Gasteiger partial charge >= 0.3 is 0 Å². The second-order valence-corrected chi connectivity index (χ2v) is 6.58. The van der Waals surface area contributed by atoms with E-state index in [1.165, 1.54) is 25.9 Å². The van der Waals surface area contributed by atoms with Crippen LogP contribution >= 0.6 is 0 Å². The fourth-order valence-electron chi connectivity index (χ4n) is 3.81. The lowest BCUT2D eigenvalue weighted by molar-refractivity contribution is 0.0858. The Morgan fingerprint density at radius 1 is 1.35 bits per heavy atom. The standard InChI is InChI=1S/C14H29N3/c1-11(2)16-6-5-14(9-15,10-16)17-8-12(3)7-13(17)4/h11-13H,5-10,15H2,1-4H3. The van der Waals surface area contributed by atoms with Gasteiger partial charge in [-0.2, -0.15) is 0 Å². The van der Waals surface area contributed by atoms with Crippen LogP contribution in [0.4, 0.5) is 0 Å². The van der Waals surface area contributed by atoms with Gasteiger partial charge in [0, 0.05) is 43.8 Å². The minimum absolute atomic E-state index is 0.258. The van der Waals surface area contributed by atoms with Gasteiger partial charge in [-0.05, 0) is 39.5 Å². The highest BCUT2D eigenvalue weighted by Crippen LogP contribution is 2.36. The second kappa shape index (κ2) is 4.87. The molecule has 3 nitrogen and oxygen atoms in total. The second-order valence-electron chi connectivity index (χ2n) is 6.58. The van der Waals surface area contributed by atoms with Crippen LogP contribution in [0.25, 0.3) is 0 Å². The largest absolute Gasteiger partial charge is 0.329 e. The highest BCUT2D eigenvalue weighted by atomic mass is 15.3. The fraction of sp³-hybridized carbons (Fsp3) is 1.00. The first-order valence-corrected chi connectivity index (χ1v) is 7.19. The zero-order valence-corrected chi connectivity index (χ0v) is 11.9. The lowest BCUT2D eigenvalue weighted by Crippen LogP contribution is -2.57. The molecule has 0 amide bonds. The molecule has 0 saturated carbocycles. The molecule has 3 heteroatoms. The van der Waals surface area contributed by atoms with Gasteiger partial charge < -0.3 is 5.73 Å². The average Bonchev–Trinajstić information content (AvgIpc) is 2.83. The molecule has 2 N–H and O–H groups in total. The summed E-state index contributed by atoms with van der Waals surface area (Å²) < 4.78 is 0. The molecular formula is C14H29N3. The van der Waals surface area contributed by atoms with Crippen LogP contribution in [0, 0.1) is 5.92 Å². The van der Waals surface area contributed by atoms with E-state index < -0.39 is 0 Å². The average molecular weight is 239 g/mol. The first-order valence-electron chi connectivity index (χ1n) is 7.19. The molecule has 0 aromatic rings. The highest BCUT2D eigenvalue weighted by Gasteiger charge is 2.46. The molecule has 0 bridgehead atoms.